The van der Waals surface area contributed by atoms with E-state index in [-0.39, 0.29) is 0 Å². The number of aromatic nitrogens is 2. The summed E-state index contributed by atoms with van der Waals surface area (Å²) in [6, 6.07) is 0. The molecule has 0 atom stereocenters. The molecule has 70 valence electrons. The number of hydrogen-bond donors (Lipinski definition) is 1. The summed E-state index contributed by atoms with van der Waals surface area (Å²) < 4.78 is 0. The average Bonchev–Trinajstić information content (AvgIpc) is 2.28. The van der Waals surface area contributed by atoms with E-state index in [1.165, 1.54) is 11.3 Å². The van der Waals surface area contributed by atoms with Gasteiger partial charge in [0.1, 0.15) is 5.82 Å². The second kappa shape index (κ2) is 3.42. The summed E-state index contributed by atoms with van der Waals surface area (Å²) in [7, 11) is 0. The lowest BCUT2D eigenvalue weighted by Gasteiger charge is -2.07. The van der Waals surface area contributed by atoms with E-state index in [2.05, 4.69) is 22.2 Å². The molecule has 0 unspecified atom stereocenters. The van der Waals surface area contributed by atoms with Crippen LogP contribution < -0.4 is 5.32 Å². The van der Waals surface area contributed by atoms with E-state index >= 15 is 0 Å². The second-order valence-corrected chi connectivity index (χ2v) is 3.53. The summed E-state index contributed by atoms with van der Waals surface area (Å²) in [4.78, 5) is 8.87. The van der Waals surface area contributed by atoms with Gasteiger partial charge in [-0.2, -0.15) is 0 Å². The van der Waals surface area contributed by atoms with Crippen LogP contribution in [0.1, 0.15) is 22.8 Å². The average molecular weight is 177 g/mol. The maximum Gasteiger partial charge on any atom is 0.125 e. The van der Waals surface area contributed by atoms with Crippen LogP contribution in [0.5, 0.6) is 0 Å². The second-order valence-electron chi connectivity index (χ2n) is 3.53. The van der Waals surface area contributed by atoms with Crippen molar-refractivity contribution >= 4 is 0 Å². The molecule has 0 aromatic carbocycles. The largest absolute Gasteiger partial charge is 0.316 e. The first-order valence-electron chi connectivity index (χ1n) is 4.81. The summed E-state index contributed by atoms with van der Waals surface area (Å²) in [5.41, 5.74) is 3.76. The number of rotatable bonds is 0. The van der Waals surface area contributed by atoms with Gasteiger partial charge >= 0.3 is 0 Å². The van der Waals surface area contributed by atoms with Crippen LogP contribution in [0.25, 0.3) is 0 Å². The van der Waals surface area contributed by atoms with Crippen molar-refractivity contribution in [3.05, 3.63) is 22.8 Å². The van der Waals surface area contributed by atoms with Crippen molar-refractivity contribution in [3.8, 4) is 0 Å². The van der Waals surface area contributed by atoms with Gasteiger partial charge in [-0.05, 0) is 32.4 Å². The summed E-state index contributed by atoms with van der Waals surface area (Å²) in [5.74, 6) is 0.901. The van der Waals surface area contributed by atoms with Crippen LogP contribution in [0.2, 0.25) is 0 Å². The molecule has 0 saturated carbocycles. The molecule has 0 radical (unpaired) electrons. The van der Waals surface area contributed by atoms with Gasteiger partial charge in [0, 0.05) is 24.4 Å². The highest BCUT2D eigenvalue weighted by molar-refractivity contribution is 5.26. The Bertz CT molecular complexity index is 320. The maximum absolute atomic E-state index is 4.48. The lowest BCUT2D eigenvalue weighted by molar-refractivity contribution is 0.708. The molecule has 2 heterocycles. The van der Waals surface area contributed by atoms with Crippen molar-refractivity contribution in [2.75, 3.05) is 13.1 Å². The summed E-state index contributed by atoms with van der Waals surface area (Å²) in [5, 5.41) is 3.37. The molecule has 0 fully saturated rings. The molecule has 13 heavy (non-hydrogen) atoms. The first kappa shape index (κ1) is 8.63. The van der Waals surface area contributed by atoms with E-state index in [1.807, 2.05) is 6.92 Å². The van der Waals surface area contributed by atoms with Gasteiger partial charge < -0.3 is 5.32 Å². The van der Waals surface area contributed by atoms with Gasteiger partial charge in [0.2, 0.25) is 0 Å². The van der Waals surface area contributed by atoms with Crippen LogP contribution in [0.3, 0.4) is 0 Å². The molecule has 1 aliphatic rings. The highest BCUT2D eigenvalue weighted by Gasteiger charge is 2.12. The monoisotopic (exact) mass is 177 g/mol. The molecule has 0 saturated heterocycles. The minimum absolute atomic E-state index is 0.901. The van der Waals surface area contributed by atoms with Gasteiger partial charge in [-0.3, -0.25) is 0 Å². The van der Waals surface area contributed by atoms with E-state index < -0.39 is 0 Å². The molecular weight excluding hydrogens is 162 g/mol. The minimum atomic E-state index is 0.901. The van der Waals surface area contributed by atoms with E-state index in [4.69, 9.17) is 0 Å². The van der Waals surface area contributed by atoms with Crippen LogP contribution in [-0.4, -0.2) is 23.1 Å². The highest BCUT2D eigenvalue weighted by Crippen LogP contribution is 2.13. The molecule has 3 nitrogen and oxygen atoms in total. The Balaban J connectivity index is 2.47. The molecule has 1 aliphatic heterocycles. The van der Waals surface area contributed by atoms with Crippen molar-refractivity contribution in [2.24, 2.45) is 0 Å². The molecule has 0 bridgehead atoms. The van der Waals surface area contributed by atoms with Gasteiger partial charge in [0.25, 0.3) is 0 Å². The number of hydrogen-bond acceptors (Lipinski definition) is 3. The third kappa shape index (κ3) is 1.70. The van der Waals surface area contributed by atoms with Gasteiger partial charge in [-0.1, -0.05) is 0 Å². The van der Waals surface area contributed by atoms with Crippen LogP contribution >= 0.6 is 0 Å². The van der Waals surface area contributed by atoms with Gasteiger partial charge in [-0.25, -0.2) is 9.97 Å². The molecule has 1 aromatic heterocycles. The fourth-order valence-corrected chi connectivity index (χ4v) is 1.88. The molecule has 2 rings (SSSR count). The van der Waals surface area contributed by atoms with Crippen molar-refractivity contribution in [2.45, 2.75) is 26.7 Å². The minimum Gasteiger partial charge on any atom is -0.316 e. The van der Waals surface area contributed by atoms with E-state index in [9.17, 15) is 0 Å². The van der Waals surface area contributed by atoms with Gasteiger partial charge in [0.05, 0.1) is 0 Å². The van der Waals surface area contributed by atoms with E-state index in [1.54, 1.807) is 0 Å². The van der Waals surface area contributed by atoms with Crippen molar-refractivity contribution in [1.82, 2.24) is 15.3 Å². The molecule has 0 amide bonds. The Hall–Kier alpha value is -0.960. The predicted octanol–water partition coefficient (Wildman–Crippen LogP) is 0.782. The third-order valence-electron chi connectivity index (χ3n) is 2.50. The van der Waals surface area contributed by atoms with E-state index in [0.717, 1.165) is 37.4 Å². The number of nitrogens with one attached hydrogen (secondary N) is 1. The Morgan fingerprint density at radius 2 is 1.85 bits per heavy atom. The van der Waals surface area contributed by atoms with Gasteiger partial charge in [-0.15, -0.1) is 0 Å². The Labute approximate surface area is 78.6 Å². The topological polar surface area (TPSA) is 37.8 Å². The standard InChI is InChI=1S/C10H15N3/c1-7-9-3-5-11-6-4-10(9)13-8(2)12-7/h11H,3-6H2,1-2H3. The quantitative estimate of drug-likeness (QED) is 0.636. The number of aryl methyl sites for hydroxylation is 2. The Morgan fingerprint density at radius 1 is 1.08 bits per heavy atom. The molecule has 3 heteroatoms. The van der Waals surface area contributed by atoms with Crippen LogP contribution in [0, 0.1) is 13.8 Å². The first-order chi connectivity index (χ1) is 6.27. The maximum atomic E-state index is 4.48. The lowest BCUT2D eigenvalue weighted by atomic mass is 10.1. The summed E-state index contributed by atoms with van der Waals surface area (Å²) in [6.45, 7) is 6.15. The zero-order valence-corrected chi connectivity index (χ0v) is 8.22. The van der Waals surface area contributed by atoms with Crippen molar-refractivity contribution in [3.63, 3.8) is 0 Å². The fourth-order valence-electron chi connectivity index (χ4n) is 1.88. The molecular formula is C10H15N3. The Kier molecular flexibility index (Phi) is 2.27. The van der Waals surface area contributed by atoms with E-state index in [0.29, 0.717) is 0 Å². The first-order valence-corrected chi connectivity index (χ1v) is 4.81. The SMILES string of the molecule is Cc1nc(C)c2c(n1)CCNCC2. The lowest BCUT2D eigenvalue weighted by Crippen LogP contribution is -2.16. The van der Waals surface area contributed by atoms with Crippen LogP contribution in [-0.2, 0) is 12.8 Å². The zero-order valence-electron chi connectivity index (χ0n) is 8.22. The van der Waals surface area contributed by atoms with Gasteiger partial charge in [0.15, 0.2) is 0 Å². The molecule has 0 aliphatic carbocycles. The van der Waals surface area contributed by atoms with Crippen LogP contribution in [0.4, 0.5) is 0 Å². The van der Waals surface area contributed by atoms with Crippen LogP contribution in [0.15, 0.2) is 0 Å². The summed E-state index contributed by atoms with van der Waals surface area (Å²) >= 11 is 0. The predicted molar refractivity (Wildman–Crippen MR) is 51.8 cm³/mol. The number of fused-ring (bicyclic) bond motifs is 1. The number of nitrogens with zero attached hydrogens (tertiary/aromatic N) is 2. The van der Waals surface area contributed by atoms with Crippen molar-refractivity contribution in [1.29, 1.82) is 0 Å². The normalized spacial score (nSPS) is 16.5. The third-order valence-corrected chi connectivity index (χ3v) is 2.50. The van der Waals surface area contributed by atoms with Crippen molar-refractivity contribution < 1.29 is 0 Å². The molecule has 1 aromatic rings. The molecule has 1 N–H and O–H groups in total. The zero-order chi connectivity index (χ0) is 9.26. The highest BCUT2D eigenvalue weighted by atomic mass is 14.9. The molecule has 0 spiro atoms. The Morgan fingerprint density at radius 3 is 2.69 bits per heavy atom. The fraction of sp³-hybridized carbons (Fsp3) is 0.600. The smallest absolute Gasteiger partial charge is 0.125 e. The summed E-state index contributed by atoms with van der Waals surface area (Å²) in [6.07, 6.45) is 2.11.